The molecule has 0 bridgehead atoms. The quantitative estimate of drug-likeness (QED) is 0.791. The molecule has 0 atom stereocenters. The van der Waals surface area contributed by atoms with Gasteiger partial charge in [0.2, 0.25) is 5.91 Å². The van der Waals surface area contributed by atoms with Gasteiger partial charge in [0.25, 0.3) is 0 Å². The molecule has 2 rings (SSSR count). The van der Waals surface area contributed by atoms with Gasteiger partial charge in [-0.2, -0.15) is 0 Å². The lowest BCUT2D eigenvalue weighted by molar-refractivity contribution is -0.147. The summed E-state index contributed by atoms with van der Waals surface area (Å²) in [7, 11) is 0. The number of nitrogens with zero attached hydrogens (tertiary/aromatic N) is 2. The number of benzene rings is 1. The number of amides is 1. The van der Waals surface area contributed by atoms with Crippen LogP contribution >= 0.6 is 0 Å². The molecule has 2 N–H and O–H groups in total. The van der Waals surface area contributed by atoms with E-state index in [1.54, 1.807) is 0 Å². The van der Waals surface area contributed by atoms with Gasteiger partial charge >= 0.3 is 11.9 Å². The van der Waals surface area contributed by atoms with Crippen molar-refractivity contribution in [2.45, 2.75) is 52.5 Å². The van der Waals surface area contributed by atoms with E-state index in [1.165, 1.54) is 11.8 Å². The Bertz CT molecular complexity index is 728. The molecule has 1 aromatic carbocycles. The minimum Gasteiger partial charge on any atom is -0.481 e. The van der Waals surface area contributed by atoms with Crippen LogP contribution in [0.3, 0.4) is 0 Å². The molecule has 1 aromatic rings. The fourth-order valence-corrected chi connectivity index (χ4v) is 4.13. The number of aliphatic carboxylic acids is 2. The fraction of sp³-hybridized carbons (Fsp3) is 0.550. The predicted octanol–water partition coefficient (Wildman–Crippen LogP) is 2.36. The van der Waals surface area contributed by atoms with E-state index in [0.29, 0.717) is 25.3 Å². The van der Waals surface area contributed by atoms with Crippen molar-refractivity contribution in [1.82, 2.24) is 4.90 Å². The minimum atomic E-state index is -1.32. The standard InChI is InChI=1S/C20H28N2O5/c1-13-11-14(2)18(15(3)12-13)22(16(4)23)20(19(26)27)6-9-21(10-7-20)8-5-17(24)25/h11-12H,5-10H2,1-4H3,(H,24,25)(H,26,27). The molecule has 1 fully saturated rings. The van der Waals surface area contributed by atoms with Crippen molar-refractivity contribution in [1.29, 1.82) is 0 Å². The zero-order valence-corrected chi connectivity index (χ0v) is 16.4. The highest BCUT2D eigenvalue weighted by atomic mass is 16.4. The van der Waals surface area contributed by atoms with E-state index in [2.05, 4.69) is 0 Å². The number of rotatable bonds is 6. The molecular weight excluding hydrogens is 348 g/mol. The van der Waals surface area contributed by atoms with Crippen LogP contribution in [0.1, 0.15) is 42.9 Å². The van der Waals surface area contributed by atoms with E-state index in [0.717, 1.165) is 16.7 Å². The SMILES string of the molecule is CC(=O)N(c1c(C)cc(C)cc1C)C1(C(=O)O)CCN(CCC(=O)O)CC1. The highest BCUT2D eigenvalue weighted by Crippen LogP contribution is 2.38. The average molecular weight is 376 g/mol. The predicted molar refractivity (Wildman–Crippen MR) is 102 cm³/mol. The number of likely N-dealkylation sites (tertiary alicyclic amines) is 1. The topological polar surface area (TPSA) is 98.2 Å². The second kappa shape index (κ2) is 8.08. The van der Waals surface area contributed by atoms with E-state index in [9.17, 15) is 19.5 Å². The molecule has 0 spiro atoms. The maximum absolute atomic E-state index is 12.6. The van der Waals surface area contributed by atoms with Gasteiger partial charge in [-0.1, -0.05) is 17.7 Å². The Hall–Kier alpha value is -2.41. The third-order valence-corrected chi connectivity index (χ3v) is 5.33. The van der Waals surface area contributed by atoms with Gasteiger partial charge in [-0.15, -0.1) is 0 Å². The molecule has 0 unspecified atom stereocenters. The highest BCUT2D eigenvalue weighted by molar-refractivity contribution is 6.01. The van der Waals surface area contributed by atoms with E-state index in [-0.39, 0.29) is 25.2 Å². The van der Waals surface area contributed by atoms with Crippen LogP contribution in [-0.4, -0.2) is 58.1 Å². The van der Waals surface area contributed by atoms with E-state index in [4.69, 9.17) is 5.11 Å². The summed E-state index contributed by atoms with van der Waals surface area (Å²) in [6.07, 6.45) is 0.537. The second-order valence-electron chi connectivity index (χ2n) is 7.42. The van der Waals surface area contributed by atoms with Gasteiger partial charge in [0.05, 0.1) is 12.1 Å². The van der Waals surface area contributed by atoms with Crippen molar-refractivity contribution in [3.63, 3.8) is 0 Å². The molecule has 1 saturated heterocycles. The molecule has 148 valence electrons. The Morgan fingerprint density at radius 3 is 2.00 bits per heavy atom. The first kappa shape index (κ1) is 20.9. The number of anilines is 1. The molecule has 1 aliphatic rings. The number of carboxylic acids is 2. The maximum Gasteiger partial charge on any atom is 0.330 e. The molecule has 7 nitrogen and oxygen atoms in total. The van der Waals surface area contributed by atoms with Gasteiger partial charge in [-0.25, -0.2) is 4.79 Å². The van der Waals surface area contributed by atoms with Gasteiger partial charge in [0.15, 0.2) is 0 Å². The van der Waals surface area contributed by atoms with Gasteiger partial charge in [0.1, 0.15) is 5.54 Å². The molecule has 1 aliphatic heterocycles. The van der Waals surface area contributed by atoms with Crippen molar-refractivity contribution < 1.29 is 24.6 Å². The summed E-state index contributed by atoms with van der Waals surface area (Å²) in [5.41, 5.74) is 2.14. The smallest absolute Gasteiger partial charge is 0.330 e. The zero-order chi connectivity index (χ0) is 20.4. The Morgan fingerprint density at radius 1 is 1.07 bits per heavy atom. The lowest BCUT2D eigenvalue weighted by Crippen LogP contribution is -2.62. The van der Waals surface area contributed by atoms with Crippen LogP contribution < -0.4 is 4.90 Å². The first-order valence-corrected chi connectivity index (χ1v) is 9.14. The summed E-state index contributed by atoms with van der Waals surface area (Å²) in [6.45, 7) is 8.41. The number of aryl methyl sites for hydroxylation is 3. The lowest BCUT2D eigenvalue weighted by Gasteiger charge is -2.46. The van der Waals surface area contributed by atoms with Crippen LogP contribution in [0.2, 0.25) is 0 Å². The van der Waals surface area contributed by atoms with Gasteiger partial charge in [0, 0.05) is 26.6 Å². The first-order valence-electron chi connectivity index (χ1n) is 9.14. The van der Waals surface area contributed by atoms with Crippen molar-refractivity contribution >= 4 is 23.5 Å². The van der Waals surface area contributed by atoms with Crippen molar-refractivity contribution in [3.8, 4) is 0 Å². The van der Waals surface area contributed by atoms with Crippen LogP contribution in [0.5, 0.6) is 0 Å². The summed E-state index contributed by atoms with van der Waals surface area (Å²) in [5, 5.41) is 19.0. The minimum absolute atomic E-state index is 0.0205. The molecule has 27 heavy (non-hydrogen) atoms. The molecule has 1 heterocycles. The van der Waals surface area contributed by atoms with Crippen LogP contribution in [-0.2, 0) is 14.4 Å². The summed E-state index contributed by atoms with van der Waals surface area (Å²) in [4.78, 5) is 39.1. The van der Waals surface area contributed by atoms with Crippen molar-refractivity contribution in [2.75, 3.05) is 24.5 Å². The first-order chi connectivity index (χ1) is 12.6. The Kier molecular flexibility index (Phi) is 6.26. The van der Waals surface area contributed by atoms with Gasteiger partial charge < -0.3 is 15.1 Å². The zero-order valence-electron chi connectivity index (χ0n) is 16.4. The molecule has 0 aliphatic carbocycles. The summed E-state index contributed by atoms with van der Waals surface area (Å²) in [5.74, 6) is -2.19. The third-order valence-electron chi connectivity index (χ3n) is 5.33. The number of carbonyl (C=O) groups is 3. The maximum atomic E-state index is 12.6. The summed E-state index contributed by atoms with van der Waals surface area (Å²) < 4.78 is 0. The molecule has 0 saturated carbocycles. The number of carbonyl (C=O) groups excluding carboxylic acids is 1. The number of hydrogen-bond acceptors (Lipinski definition) is 4. The monoisotopic (exact) mass is 376 g/mol. The number of piperidine rings is 1. The van der Waals surface area contributed by atoms with E-state index < -0.39 is 17.5 Å². The van der Waals surface area contributed by atoms with Crippen molar-refractivity contribution in [3.05, 3.63) is 28.8 Å². The van der Waals surface area contributed by atoms with Gasteiger partial charge in [-0.05, 0) is 44.7 Å². The van der Waals surface area contributed by atoms with Crippen LogP contribution in [0.15, 0.2) is 12.1 Å². The fourth-order valence-electron chi connectivity index (χ4n) is 4.13. The van der Waals surface area contributed by atoms with Gasteiger partial charge in [-0.3, -0.25) is 14.5 Å². The van der Waals surface area contributed by atoms with Crippen LogP contribution in [0.4, 0.5) is 5.69 Å². The number of hydrogen-bond donors (Lipinski definition) is 2. The van der Waals surface area contributed by atoms with Crippen LogP contribution in [0, 0.1) is 20.8 Å². The normalized spacial score (nSPS) is 16.7. The molecule has 7 heteroatoms. The van der Waals surface area contributed by atoms with E-state index >= 15 is 0 Å². The highest BCUT2D eigenvalue weighted by Gasteiger charge is 2.49. The lowest BCUT2D eigenvalue weighted by atomic mass is 9.83. The largest absolute Gasteiger partial charge is 0.481 e. The van der Waals surface area contributed by atoms with Crippen molar-refractivity contribution in [2.24, 2.45) is 0 Å². The Balaban J connectivity index is 2.40. The molecule has 0 aromatic heterocycles. The second-order valence-corrected chi connectivity index (χ2v) is 7.42. The molecule has 1 amide bonds. The van der Waals surface area contributed by atoms with Crippen LogP contribution in [0.25, 0.3) is 0 Å². The summed E-state index contributed by atoms with van der Waals surface area (Å²) in [6, 6.07) is 3.91. The summed E-state index contributed by atoms with van der Waals surface area (Å²) >= 11 is 0. The third kappa shape index (κ3) is 4.30. The average Bonchev–Trinajstić information content (AvgIpc) is 2.56. The molecule has 0 radical (unpaired) electrons. The Morgan fingerprint density at radius 2 is 1.59 bits per heavy atom. The van der Waals surface area contributed by atoms with E-state index in [1.807, 2.05) is 37.8 Å². The number of carboxylic acid groups (broad SMARTS) is 2. The molecular formula is C20H28N2O5. The Labute approximate surface area is 159 Å².